The van der Waals surface area contributed by atoms with Gasteiger partial charge in [-0.3, -0.25) is 0 Å². The van der Waals surface area contributed by atoms with Crippen molar-refractivity contribution in [1.82, 2.24) is 4.90 Å². The van der Waals surface area contributed by atoms with Gasteiger partial charge < -0.3 is 10.2 Å². The number of likely N-dealkylation sites (tertiary alicyclic amines) is 1. The molecule has 1 aromatic rings. The molecule has 0 amide bonds. The third-order valence-electron chi connectivity index (χ3n) is 4.55. The molecule has 0 bridgehead atoms. The molecule has 0 spiro atoms. The van der Waals surface area contributed by atoms with Crippen LogP contribution in [0.2, 0.25) is 0 Å². The second kappa shape index (κ2) is 4.95. The predicted octanol–water partition coefficient (Wildman–Crippen LogP) is 3.56. The number of halogens is 3. The monoisotopic (exact) mass is 284 g/mol. The number of benzene rings is 1. The normalized spacial score (nSPS) is 27.2. The third kappa shape index (κ3) is 2.51. The molecule has 5 heteroatoms. The molecule has 2 atom stereocenters. The first-order valence-electron chi connectivity index (χ1n) is 7.08. The van der Waals surface area contributed by atoms with E-state index in [9.17, 15) is 13.2 Å². The molecule has 0 aromatic heterocycles. The van der Waals surface area contributed by atoms with Crippen LogP contribution in [0.4, 0.5) is 18.9 Å². The summed E-state index contributed by atoms with van der Waals surface area (Å²) in [4.78, 5) is 2.30. The SMILES string of the molecule is CN1CCC(C2CCNc3cc(C(F)(F)F)ccc32)C1. The van der Waals surface area contributed by atoms with E-state index in [4.69, 9.17) is 0 Å². The number of nitrogens with one attached hydrogen (secondary N) is 1. The van der Waals surface area contributed by atoms with Crippen LogP contribution in [-0.2, 0) is 6.18 Å². The van der Waals surface area contributed by atoms with Crippen LogP contribution in [0, 0.1) is 5.92 Å². The summed E-state index contributed by atoms with van der Waals surface area (Å²) >= 11 is 0. The second-order valence-corrected chi connectivity index (χ2v) is 5.93. The van der Waals surface area contributed by atoms with Crippen LogP contribution in [0.3, 0.4) is 0 Å². The van der Waals surface area contributed by atoms with Gasteiger partial charge in [-0.05, 0) is 56.0 Å². The van der Waals surface area contributed by atoms with Gasteiger partial charge in [0.1, 0.15) is 0 Å². The van der Waals surface area contributed by atoms with Gasteiger partial charge in [0.25, 0.3) is 0 Å². The number of hydrogen-bond donors (Lipinski definition) is 1. The van der Waals surface area contributed by atoms with E-state index in [1.54, 1.807) is 6.07 Å². The van der Waals surface area contributed by atoms with Crippen LogP contribution < -0.4 is 5.32 Å². The van der Waals surface area contributed by atoms with E-state index in [2.05, 4.69) is 17.3 Å². The van der Waals surface area contributed by atoms with Crippen molar-refractivity contribution in [3.05, 3.63) is 29.3 Å². The fourth-order valence-corrected chi connectivity index (χ4v) is 3.51. The summed E-state index contributed by atoms with van der Waals surface area (Å²) in [6.07, 6.45) is -2.12. The average molecular weight is 284 g/mol. The topological polar surface area (TPSA) is 15.3 Å². The van der Waals surface area contributed by atoms with Gasteiger partial charge in [0.2, 0.25) is 0 Å². The predicted molar refractivity (Wildman–Crippen MR) is 72.9 cm³/mol. The molecular weight excluding hydrogens is 265 g/mol. The summed E-state index contributed by atoms with van der Waals surface area (Å²) in [5.74, 6) is 0.955. The molecule has 3 rings (SSSR count). The van der Waals surface area contributed by atoms with E-state index in [0.717, 1.165) is 38.0 Å². The smallest absolute Gasteiger partial charge is 0.385 e. The van der Waals surface area contributed by atoms with Crippen LogP contribution in [0.25, 0.3) is 0 Å². The first-order valence-corrected chi connectivity index (χ1v) is 7.08. The second-order valence-electron chi connectivity index (χ2n) is 5.93. The Morgan fingerprint density at radius 3 is 2.70 bits per heavy atom. The Bertz CT molecular complexity index is 498. The third-order valence-corrected chi connectivity index (χ3v) is 4.55. The summed E-state index contributed by atoms with van der Waals surface area (Å²) in [6, 6.07) is 4.16. The van der Waals surface area contributed by atoms with Crippen molar-refractivity contribution in [1.29, 1.82) is 0 Å². The van der Waals surface area contributed by atoms with Gasteiger partial charge in [-0.15, -0.1) is 0 Å². The fourth-order valence-electron chi connectivity index (χ4n) is 3.51. The Morgan fingerprint density at radius 2 is 2.05 bits per heavy atom. The lowest BCUT2D eigenvalue weighted by atomic mass is 9.80. The van der Waals surface area contributed by atoms with E-state index in [1.807, 2.05) is 0 Å². The lowest BCUT2D eigenvalue weighted by Crippen LogP contribution is -2.25. The lowest BCUT2D eigenvalue weighted by molar-refractivity contribution is -0.137. The number of rotatable bonds is 1. The minimum absolute atomic E-state index is 0.387. The van der Waals surface area contributed by atoms with E-state index in [0.29, 0.717) is 17.5 Å². The van der Waals surface area contributed by atoms with E-state index >= 15 is 0 Å². The maximum absolute atomic E-state index is 12.8. The molecule has 2 heterocycles. The molecule has 2 aliphatic heterocycles. The van der Waals surface area contributed by atoms with Gasteiger partial charge in [0.15, 0.2) is 0 Å². The highest BCUT2D eigenvalue weighted by Crippen LogP contribution is 2.42. The molecule has 0 aliphatic carbocycles. The van der Waals surface area contributed by atoms with E-state index < -0.39 is 11.7 Å². The largest absolute Gasteiger partial charge is 0.416 e. The van der Waals surface area contributed by atoms with Crippen molar-refractivity contribution in [3.8, 4) is 0 Å². The van der Waals surface area contributed by atoms with Crippen molar-refractivity contribution in [2.45, 2.75) is 24.9 Å². The first kappa shape index (κ1) is 13.7. The quantitative estimate of drug-likeness (QED) is 0.848. The maximum Gasteiger partial charge on any atom is 0.416 e. The van der Waals surface area contributed by atoms with Crippen molar-refractivity contribution in [2.24, 2.45) is 5.92 Å². The molecule has 1 aromatic carbocycles. The molecule has 1 N–H and O–H groups in total. The van der Waals surface area contributed by atoms with Crippen molar-refractivity contribution >= 4 is 5.69 Å². The minimum atomic E-state index is -4.27. The van der Waals surface area contributed by atoms with Crippen LogP contribution in [-0.4, -0.2) is 31.6 Å². The Morgan fingerprint density at radius 1 is 1.25 bits per heavy atom. The van der Waals surface area contributed by atoms with E-state index in [-0.39, 0.29) is 0 Å². The fraction of sp³-hybridized carbons (Fsp3) is 0.600. The zero-order chi connectivity index (χ0) is 14.3. The lowest BCUT2D eigenvalue weighted by Gasteiger charge is -2.31. The maximum atomic E-state index is 12.8. The van der Waals surface area contributed by atoms with Crippen LogP contribution in [0.15, 0.2) is 18.2 Å². The van der Waals surface area contributed by atoms with Crippen LogP contribution in [0.1, 0.15) is 29.9 Å². The molecule has 2 nitrogen and oxygen atoms in total. The summed E-state index contributed by atoms with van der Waals surface area (Å²) in [6.45, 7) is 2.90. The number of nitrogens with zero attached hydrogens (tertiary/aromatic N) is 1. The van der Waals surface area contributed by atoms with Crippen LogP contribution >= 0.6 is 0 Å². The number of anilines is 1. The Labute approximate surface area is 117 Å². The van der Waals surface area contributed by atoms with Crippen LogP contribution in [0.5, 0.6) is 0 Å². The summed E-state index contributed by atoms with van der Waals surface area (Å²) in [7, 11) is 2.11. The molecule has 1 saturated heterocycles. The summed E-state index contributed by atoms with van der Waals surface area (Å²) in [5.41, 5.74) is 1.17. The van der Waals surface area contributed by atoms with Crippen molar-refractivity contribution in [2.75, 3.05) is 32.0 Å². The highest BCUT2D eigenvalue weighted by Gasteiger charge is 2.35. The van der Waals surface area contributed by atoms with Gasteiger partial charge in [-0.25, -0.2) is 0 Å². The molecule has 0 saturated carbocycles. The number of alkyl halides is 3. The number of fused-ring (bicyclic) bond motifs is 1. The van der Waals surface area contributed by atoms with Gasteiger partial charge in [0, 0.05) is 18.8 Å². The zero-order valence-corrected chi connectivity index (χ0v) is 11.5. The molecule has 110 valence electrons. The van der Waals surface area contributed by atoms with Gasteiger partial charge in [-0.2, -0.15) is 13.2 Å². The molecule has 2 unspecified atom stereocenters. The molecule has 1 fully saturated rings. The number of hydrogen-bond acceptors (Lipinski definition) is 2. The Balaban J connectivity index is 1.90. The average Bonchev–Trinajstić information content (AvgIpc) is 2.83. The van der Waals surface area contributed by atoms with Gasteiger partial charge in [0.05, 0.1) is 5.56 Å². The molecule has 0 radical (unpaired) electrons. The minimum Gasteiger partial charge on any atom is -0.385 e. The molecular formula is C15H19F3N2. The van der Waals surface area contributed by atoms with Crippen molar-refractivity contribution in [3.63, 3.8) is 0 Å². The van der Waals surface area contributed by atoms with Gasteiger partial charge >= 0.3 is 6.18 Å². The summed E-state index contributed by atoms with van der Waals surface area (Å²) in [5, 5.41) is 3.13. The highest BCUT2D eigenvalue weighted by atomic mass is 19.4. The molecule has 20 heavy (non-hydrogen) atoms. The highest BCUT2D eigenvalue weighted by molar-refractivity contribution is 5.57. The van der Waals surface area contributed by atoms with Crippen molar-refractivity contribution < 1.29 is 13.2 Å². The summed E-state index contributed by atoms with van der Waals surface area (Å²) < 4.78 is 38.3. The Hall–Kier alpha value is -1.23. The standard InChI is InChI=1S/C15H19F3N2/c1-20-7-5-10(9-20)12-4-6-19-14-8-11(15(16,17)18)2-3-13(12)14/h2-3,8,10,12,19H,4-7,9H2,1H3. The zero-order valence-electron chi connectivity index (χ0n) is 11.5. The van der Waals surface area contributed by atoms with Gasteiger partial charge in [-0.1, -0.05) is 6.07 Å². The van der Waals surface area contributed by atoms with E-state index in [1.165, 1.54) is 12.1 Å². The molecule has 2 aliphatic rings. The first-order chi connectivity index (χ1) is 9.45. The Kier molecular flexibility index (Phi) is 3.40.